The van der Waals surface area contributed by atoms with Crippen molar-refractivity contribution >= 4 is 17.2 Å². The minimum atomic E-state index is 0.177. The summed E-state index contributed by atoms with van der Waals surface area (Å²) in [5.41, 5.74) is 8.49. The molecule has 0 heterocycles. The summed E-state index contributed by atoms with van der Waals surface area (Å²) in [5, 5.41) is 0.790. The van der Waals surface area contributed by atoms with Gasteiger partial charge in [-0.15, -0.1) is 0 Å². The second-order valence-electron chi connectivity index (χ2n) is 6.96. The van der Waals surface area contributed by atoms with Gasteiger partial charge in [-0.05, 0) is 58.7 Å². The third-order valence-electron chi connectivity index (χ3n) is 4.26. The maximum Gasteiger partial charge on any atom is 0.0406 e. The summed E-state index contributed by atoms with van der Waals surface area (Å²) in [5.74, 6) is 0. The molecule has 0 fully saturated rings. The summed E-state index contributed by atoms with van der Waals surface area (Å²) < 4.78 is 0. The molecule has 2 aromatic rings. The smallest absolute Gasteiger partial charge is 0.0406 e. The van der Waals surface area contributed by atoms with Crippen LogP contribution in [0.15, 0.2) is 48.0 Å². The maximum absolute atomic E-state index is 6.02. The highest BCUT2D eigenvalue weighted by molar-refractivity contribution is 6.30. The Balaban J connectivity index is 2.13. The minimum Gasteiger partial charge on any atom is -0.0843 e. The van der Waals surface area contributed by atoms with Crippen LogP contribution >= 0.6 is 11.6 Å². The molecule has 0 radical (unpaired) electrons. The number of fused-ring (bicyclic) bond motifs is 1. The lowest BCUT2D eigenvalue weighted by atomic mass is 9.84. The number of hydrogen-bond donors (Lipinski definition) is 0. The first-order chi connectivity index (χ1) is 9.86. The van der Waals surface area contributed by atoms with Gasteiger partial charge in [0.1, 0.15) is 0 Å². The number of allylic oxidation sites excluding steroid dienone is 1. The molecule has 0 aliphatic heterocycles. The standard InChI is InChI=1S/C20H21Cl/c1-13-11-15-5-8-16(20(2,3)4)12-18(15)19(13)14-6-9-17(21)10-7-14/h5-10,12H,11H2,1-4H3. The Labute approximate surface area is 132 Å². The number of rotatable bonds is 1. The van der Waals surface area contributed by atoms with Crippen molar-refractivity contribution < 1.29 is 0 Å². The van der Waals surface area contributed by atoms with Gasteiger partial charge in [0, 0.05) is 5.02 Å². The molecular weight excluding hydrogens is 276 g/mol. The molecule has 0 aromatic heterocycles. The highest BCUT2D eigenvalue weighted by atomic mass is 35.5. The molecule has 0 N–H and O–H groups in total. The zero-order valence-electron chi connectivity index (χ0n) is 13.1. The quantitative estimate of drug-likeness (QED) is 0.604. The van der Waals surface area contributed by atoms with E-state index in [0.717, 1.165) is 11.4 Å². The molecule has 0 saturated heterocycles. The molecule has 108 valence electrons. The Morgan fingerprint density at radius 2 is 1.62 bits per heavy atom. The predicted molar refractivity (Wildman–Crippen MR) is 92.0 cm³/mol. The van der Waals surface area contributed by atoms with E-state index in [0.29, 0.717) is 0 Å². The average molecular weight is 297 g/mol. The van der Waals surface area contributed by atoms with Gasteiger partial charge in [0.15, 0.2) is 0 Å². The lowest BCUT2D eigenvalue weighted by Gasteiger charge is -2.20. The van der Waals surface area contributed by atoms with E-state index in [1.165, 1.54) is 33.4 Å². The molecule has 0 amide bonds. The molecule has 21 heavy (non-hydrogen) atoms. The van der Waals surface area contributed by atoms with Gasteiger partial charge in [0.05, 0.1) is 0 Å². The largest absolute Gasteiger partial charge is 0.0843 e. The molecule has 2 aromatic carbocycles. The summed E-state index contributed by atoms with van der Waals surface area (Å²) >= 11 is 6.02. The van der Waals surface area contributed by atoms with Crippen molar-refractivity contribution in [2.24, 2.45) is 0 Å². The van der Waals surface area contributed by atoms with Crippen molar-refractivity contribution in [2.45, 2.75) is 39.5 Å². The van der Waals surface area contributed by atoms with E-state index in [2.05, 4.69) is 58.0 Å². The van der Waals surface area contributed by atoms with Gasteiger partial charge < -0.3 is 0 Å². The topological polar surface area (TPSA) is 0 Å². The number of halogens is 1. The molecule has 1 aliphatic rings. The van der Waals surface area contributed by atoms with Crippen molar-refractivity contribution in [2.75, 3.05) is 0 Å². The molecule has 0 saturated carbocycles. The van der Waals surface area contributed by atoms with Crippen LogP contribution in [0.4, 0.5) is 0 Å². The van der Waals surface area contributed by atoms with Gasteiger partial charge in [-0.1, -0.05) is 68.3 Å². The van der Waals surface area contributed by atoms with E-state index in [1.807, 2.05) is 12.1 Å². The van der Waals surface area contributed by atoms with Crippen molar-refractivity contribution in [3.63, 3.8) is 0 Å². The van der Waals surface area contributed by atoms with Crippen LogP contribution in [0.25, 0.3) is 5.57 Å². The Morgan fingerprint density at radius 3 is 2.24 bits per heavy atom. The van der Waals surface area contributed by atoms with Crippen LogP contribution in [0.2, 0.25) is 5.02 Å². The molecule has 0 atom stereocenters. The zero-order valence-corrected chi connectivity index (χ0v) is 13.9. The molecule has 0 bridgehead atoms. The summed E-state index contributed by atoms with van der Waals surface area (Å²) in [7, 11) is 0. The fourth-order valence-electron chi connectivity index (χ4n) is 3.05. The van der Waals surface area contributed by atoms with Crippen LogP contribution in [-0.4, -0.2) is 0 Å². The van der Waals surface area contributed by atoms with Gasteiger partial charge in [-0.25, -0.2) is 0 Å². The first kappa shape index (κ1) is 14.4. The van der Waals surface area contributed by atoms with Gasteiger partial charge in [-0.2, -0.15) is 0 Å². The van der Waals surface area contributed by atoms with Crippen LogP contribution in [-0.2, 0) is 11.8 Å². The lowest BCUT2D eigenvalue weighted by molar-refractivity contribution is 0.590. The Bertz CT molecular complexity index is 712. The van der Waals surface area contributed by atoms with Crippen molar-refractivity contribution in [1.29, 1.82) is 0 Å². The lowest BCUT2D eigenvalue weighted by Crippen LogP contribution is -2.11. The molecule has 0 unspecified atom stereocenters. The van der Waals surface area contributed by atoms with Crippen LogP contribution in [0, 0.1) is 0 Å². The van der Waals surface area contributed by atoms with Gasteiger partial charge in [-0.3, -0.25) is 0 Å². The third kappa shape index (κ3) is 2.65. The van der Waals surface area contributed by atoms with E-state index >= 15 is 0 Å². The van der Waals surface area contributed by atoms with Gasteiger partial charge in [0.2, 0.25) is 0 Å². The monoisotopic (exact) mass is 296 g/mol. The second kappa shape index (κ2) is 5.03. The van der Waals surface area contributed by atoms with Crippen molar-refractivity contribution in [3.8, 4) is 0 Å². The average Bonchev–Trinajstić information content (AvgIpc) is 2.74. The van der Waals surface area contributed by atoms with Gasteiger partial charge >= 0.3 is 0 Å². The molecule has 1 aliphatic carbocycles. The third-order valence-corrected chi connectivity index (χ3v) is 4.51. The highest BCUT2D eigenvalue weighted by Gasteiger charge is 2.23. The van der Waals surface area contributed by atoms with E-state index in [1.54, 1.807) is 0 Å². The second-order valence-corrected chi connectivity index (χ2v) is 7.40. The molecule has 0 nitrogen and oxygen atoms in total. The molecule has 1 heteroatoms. The zero-order chi connectivity index (χ0) is 15.2. The molecule has 0 spiro atoms. The van der Waals surface area contributed by atoms with Crippen molar-refractivity contribution in [3.05, 3.63) is 75.3 Å². The van der Waals surface area contributed by atoms with Crippen LogP contribution in [0.3, 0.4) is 0 Å². The SMILES string of the molecule is CC1=C(c2ccc(Cl)cc2)c2cc(C(C)(C)C)ccc2C1. The Hall–Kier alpha value is -1.53. The minimum absolute atomic E-state index is 0.177. The van der Waals surface area contributed by atoms with Gasteiger partial charge in [0.25, 0.3) is 0 Å². The van der Waals surface area contributed by atoms with Crippen LogP contribution in [0.1, 0.15) is 49.9 Å². The fourth-order valence-corrected chi connectivity index (χ4v) is 3.18. The molecular formula is C20H21Cl. The van der Waals surface area contributed by atoms with E-state index in [-0.39, 0.29) is 5.41 Å². The number of benzene rings is 2. The van der Waals surface area contributed by atoms with E-state index in [9.17, 15) is 0 Å². The molecule has 3 rings (SSSR count). The van der Waals surface area contributed by atoms with Crippen molar-refractivity contribution in [1.82, 2.24) is 0 Å². The first-order valence-corrected chi connectivity index (χ1v) is 7.83. The Kier molecular flexibility index (Phi) is 3.45. The predicted octanol–water partition coefficient (Wildman–Crippen LogP) is 6.02. The summed E-state index contributed by atoms with van der Waals surface area (Å²) in [4.78, 5) is 0. The first-order valence-electron chi connectivity index (χ1n) is 7.46. The summed E-state index contributed by atoms with van der Waals surface area (Å²) in [6, 6.07) is 15.1. The summed E-state index contributed by atoms with van der Waals surface area (Å²) in [6.45, 7) is 9.04. The highest BCUT2D eigenvalue weighted by Crippen LogP contribution is 2.39. The van der Waals surface area contributed by atoms with Crippen LogP contribution < -0.4 is 0 Å². The maximum atomic E-state index is 6.02. The summed E-state index contributed by atoms with van der Waals surface area (Å²) in [6.07, 6.45) is 1.05. The fraction of sp³-hybridized carbons (Fsp3) is 0.300. The number of hydrogen-bond acceptors (Lipinski definition) is 0. The van der Waals surface area contributed by atoms with E-state index < -0.39 is 0 Å². The van der Waals surface area contributed by atoms with E-state index in [4.69, 9.17) is 11.6 Å². The van der Waals surface area contributed by atoms with Crippen LogP contribution in [0.5, 0.6) is 0 Å². The normalized spacial score (nSPS) is 14.5. The Morgan fingerprint density at radius 1 is 0.952 bits per heavy atom.